The molecule has 0 N–H and O–H groups in total. The summed E-state index contributed by atoms with van der Waals surface area (Å²) in [5.41, 5.74) is 12.8. The van der Waals surface area contributed by atoms with Crippen LogP contribution in [0.25, 0.3) is 44.2 Å². The number of benzene rings is 7. The van der Waals surface area contributed by atoms with E-state index in [9.17, 15) is 0 Å². The molecule has 9 rings (SSSR count). The van der Waals surface area contributed by atoms with Crippen LogP contribution in [0.5, 0.6) is 0 Å². The van der Waals surface area contributed by atoms with Crippen LogP contribution in [0.15, 0.2) is 180 Å². The first-order chi connectivity index (χ1) is 25.8. The normalized spacial score (nSPS) is 14.5. The number of anilines is 3. The van der Waals surface area contributed by atoms with Crippen LogP contribution in [0, 0.1) is 0 Å². The van der Waals surface area contributed by atoms with Crippen LogP contribution in [0.3, 0.4) is 0 Å². The fourth-order valence-electron chi connectivity index (χ4n) is 8.63. The molecule has 2 nitrogen and oxygen atoms in total. The van der Waals surface area contributed by atoms with Crippen molar-refractivity contribution in [1.29, 1.82) is 0 Å². The Morgan fingerprint density at radius 2 is 0.942 bits per heavy atom. The van der Waals surface area contributed by atoms with Crippen molar-refractivity contribution in [3.05, 3.63) is 187 Å². The van der Waals surface area contributed by atoms with Gasteiger partial charge in [0.15, 0.2) is 0 Å². The van der Waals surface area contributed by atoms with E-state index in [1.54, 1.807) is 0 Å². The van der Waals surface area contributed by atoms with Gasteiger partial charge in [-0.05, 0) is 88.7 Å². The lowest BCUT2D eigenvalue weighted by Gasteiger charge is -2.37. The zero-order valence-corrected chi connectivity index (χ0v) is 29.5. The van der Waals surface area contributed by atoms with Gasteiger partial charge in [0, 0.05) is 39.3 Å². The van der Waals surface area contributed by atoms with E-state index in [-0.39, 0.29) is 5.41 Å². The standard InChI is InChI=1S/C50H43NO/c1-2-13-34-50(35-14-3-1,40-20-11-6-12-21-40)41-26-30-43(31-27-41)51(42-28-24-38(25-29-42)37-16-7-4-8-17-37)44-32-33-46-48(36-44)52-47-23-15-22-45(49(46)47)39-18-9-5-10-19-39/h4-12,15-33,36H,1-3,13-14,34-35H2. The number of furan rings is 1. The van der Waals surface area contributed by atoms with Crippen LogP contribution in [-0.2, 0) is 5.41 Å². The predicted molar refractivity (Wildman–Crippen MR) is 219 cm³/mol. The summed E-state index contributed by atoms with van der Waals surface area (Å²) in [6.07, 6.45) is 8.89. The van der Waals surface area contributed by atoms with Crippen molar-refractivity contribution < 1.29 is 4.42 Å². The maximum atomic E-state index is 6.61. The molecule has 1 saturated carbocycles. The molecule has 254 valence electrons. The van der Waals surface area contributed by atoms with E-state index in [0.29, 0.717) is 0 Å². The topological polar surface area (TPSA) is 16.4 Å². The van der Waals surface area contributed by atoms with E-state index < -0.39 is 0 Å². The smallest absolute Gasteiger partial charge is 0.137 e. The Hall–Kier alpha value is -5.86. The van der Waals surface area contributed by atoms with Crippen LogP contribution in [-0.4, -0.2) is 0 Å². The van der Waals surface area contributed by atoms with Gasteiger partial charge in [-0.25, -0.2) is 0 Å². The highest BCUT2D eigenvalue weighted by Gasteiger charge is 2.34. The third kappa shape index (κ3) is 5.99. The minimum absolute atomic E-state index is 0.0337. The molecule has 52 heavy (non-hydrogen) atoms. The van der Waals surface area contributed by atoms with Crippen LogP contribution >= 0.6 is 0 Å². The quantitative estimate of drug-likeness (QED) is 0.167. The van der Waals surface area contributed by atoms with Gasteiger partial charge in [0.2, 0.25) is 0 Å². The molecule has 0 unspecified atom stereocenters. The number of rotatable bonds is 7. The fourth-order valence-corrected chi connectivity index (χ4v) is 8.63. The molecule has 1 aromatic heterocycles. The molecule has 0 spiro atoms. The van der Waals surface area contributed by atoms with Gasteiger partial charge < -0.3 is 9.32 Å². The van der Waals surface area contributed by atoms with Crippen molar-refractivity contribution in [2.24, 2.45) is 0 Å². The van der Waals surface area contributed by atoms with E-state index in [1.165, 1.54) is 78.3 Å². The van der Waals surface area contributed by atoms with E-state index in [0.717, 1.165) is 39.0 Å². The van der Waals surface area contributed by atoms with E-state index in [2.05, 4.69) is 181 Å². The number of nitrogens with zero attached hydrogens (tertiary/aromatic N) is 1. The van der Waals surface area contributed by atoms with Gasteiger partial charge in [-0.3, -0.25) is 0 Å². The molecule has 8 aromatic rings. The molecule has 0 bridgehead atoms. The van der Waals surface area contributed by atoms with Crippen LogP contribution in [0.1, 0.15) is 56.1 Å². The Bertz CT molecular complexity index is 2400. The first-order valence-corrected chi connectivity index (χ1v) is 18.9. The average molecular weight is 674 g/mol. The van der Waals surface area contributed by atoms with Gasteiger partial charge in [-0.1, -0.05) is 159 Å². The summed E-state index contributed by atoms with van der Waals surface area (Å²) in [5.74, 6) is 0. The zero-order chi connectivity index (χ0) is 34.7. The molecule has 1 aliphatic rings. The molecule has 2 heteroatoms. The molecule has 0 aliphatic heterocycles. The number of fused-ring (bicyclic) bond motifs is 3. The zero-order valence-electron chi connectivity index (χ0n) is 29.5. The van der Waals surface area contributed by atoms with Gasteiger partial charge in [-0.2, -0.15) is 0 Å². The van der Waals surface area contributed by atoms with Gasteiger partial charge in [0.05, 0.1) is 0 Å². The summed E-state index contributed by atoms with van der Waals surface area (Å²) in [5, 5.41) is 2.28. The summed E-state index contributed by atoms with van der Waals surface area (Å²) in [6.45, 7) is 0. The Morgan fingerprint density at radius 3 is 1.62 bits per heavy atom. The maximum Gasteiger partial charge on any atom is 0.137 e. The number of hydrogen-bond donors (Lipinski definition) is 0. The van der Waals surface area contributed by atoms with E-state index >= 15 is 0 Å². The molecule has 0 radical (unpaired) electrons. The predicted octanol–water partition coefficient (Wildman–Crippen LogP) is 14.4. The first kappa shape index (κ1) is 32.1. The summed E-state index contributed by atoms with van der Waals surface area (Å²) in [4.78, 5) is 2.37. The van der Waals surface area contributed by atoms with Crippen molar-refractivity contribution in [3.8, 4) is 22.3 Å². The largest absolute Gasteiger partial charge is 0.456 e. The molecule has 1 aliphatic carbocycles. The summed E-state index contributed by atoms with van der Waals surface area (Å²) < 4.78 is 6.61. The Labute approximate surface area is 307 Å². The fraction of sp³-hybridized carbons (Fsp3) is 0.160. The van der Waals surface area contributed by atoms with Crippen molar-refractivity contribution in [1.82, 2.24) is 0 Å². The second kappa shape index (κ2) is 14.0. The SMILES string of the molecule is c1ccc(-c2ccc(N(c3ccc(C4(c5ccccc5)CCCCCCC4)cc3)c3ccc4c(c3)oc3cccc(-c5ccccc5)c34)cc2)cc1. The lowest BCUT2D eigenvalue weighted by Crippen LogP contribution is -2.29. The van der Waals surface area contributed by atoms with Crippen LogP contribution in [0.2, 0.25) is 0 Å². The van der Waals surface area contributed by atoms with Gasteiger partial charge in [-0.15, -0.1) is 0 Å². The van der Waals surface area contributed by atoms with Gasteiger partial charge >= 0.3 is 0 Å². The van der Waals surface area contributed by atoms with Gasteiger partial charge in [0.25, 0.3) is 0 Å². The third-order valence-electron chi connectivity index (χ3n) is 11.3. The lowest BCUT2D eigenvalue weighted by molar-refractivity contribution is 0.366. The third-order valence-corrected chi connectivity index (χ3v) is 11.3. The van der Waals surface area contributed by atoms with Crippen LogP contribution < -0.4 is 4.90 Å². The minimum atomic E-state index is 0.0337. The Morgan fingerprint density at radius 1 is 0.404 bits per heavy atom. The van der Waals surface area contributed by atoms with Crippen molar-refractivity contribution in [2.75, 3.05) is 4.90 Å². The number of hydrogen-bond acceptors (Lipinski definition) is 2. The molecule has 0 saturated heterocycles. The van der Waals surface area contributed by atoms with E-state index in [4.69, 9.17) is 4.42 Å². The molecule has 1 fully saturated rings. The second-order valence-corrected chi connectivity index (χ2v) is 14.3. The summed E-state index contributed by atoms with van der Waals surface area (Å²) in [6, 6.07) is 64.0. The lowest BCUT2D eigenvalue weighted by atomic mass is 9.67. The monoisotopic (exact) mass is 673 g/mol. The first-order valence-electron chi connectivity index (χ1n) is 18.9. The highest BCUT2D eigenvalue weighted by Crippen LogP contribution is 2.46. The van der Waals surface area contributed by atoms with E-state index in [1.807, 2.05) is 0 Å². The Balaban J connectivity index is 1.16. The summed E-state index contributed by atoms with van der Waals surface area (Å²) >= 11 is 0. The second-order valence-electron chi connectivity index (χ2n) is 14.3. The average Bonchev–Trinajstić information content (AvgIpc) is 3.58. The molecule has 1 heterocycles. The van der Waals surface area contributed by atoms with Crippen molar-refractivity contribution >= 4 is 39.0 Å². The molecule has 0 atom stereocenters. The summed E-state index contributed by atoms with van der Waals surface area (Å²) in [7, 11) is 0. The van der Waals surface area contributed by atoms with Crippen molar-refractivity contribution in [3.63, 3.8) is 0 Å². The molecule has 0 amide bonds. The highest BCUT2D eigenvalue weighted by atomic mass is 16.3. The Kier molecular flexibility index (Phi) is 8.66. The molecule has 7 aromatic carbocycles. The van der Waals surface area contributed by atoms with Crippen LogP contribution in [0.4, 0.5) is 17.1 Å². The highest BCUT2D eigenvalue weighted by molar-refractivity contribution is 6.13. The maximum absolute atomic E-state index is 6.61. The molecular formula is C50H43NO. The van der Waals surface area contributed by atoms with Gasteiger partial charge in [0.1, 0.15) is 11.2 Å². The minimum Gasteiger partial charge on any atom is -0.456 e. The molecular weight excluding hydrogens is 631 g/mol. The van der Waals surface area contributed by atoms with Crippen molar-refractivity contribution in [2.45, 2.75) is 50.4 Å².